The lowest BCUT2D eigenvalue weighted by Gasteiger charge is -2.01. The minimum absolute atomic E-state index is 0.0686. The van der Waals surface area contributed by atoms with Gasteiger partial charge in [0, 0.05) is 23.7 Å². The quantitative estimate of drug-likeness (QED) is 0.928. The topological polar surface area (TPSA) is 73.0 Å². The molecule has 0 aliphatic carbocycles. The first kappa shape index (κ1) is 13.2. The van der Waals surface area contributed by atoms with Gasteiger partial charge in [-0.2, -0.15) is 0 Å². The molecule has 0 amide bonds. The standard InChI is InChI=1S/C12H14N2O2S2/c1-18(15,16)8-9-2-4-10(5-3-9)12-14-11(6-13)7-17-12/h2-5,7H,6,8,13H2,1H3. The van der Waals surface area contributed by atoms with Gasteiger partial charge in [0.15, 0.2) is 9.84 Å². The molecule has 18 heavy (non-hydrogen) atoms. The number of sulfone groups is 1. The van der Waals surface area contributed by atoms with Gasteiger partial charge in [-0.25, -0.2) is 13.4 Å². The maximum absolute atomic E-state index is 11.2. The van der Waals surface area contributed by atoms with Crippen molar-refractivity contribution < 1.29 is 8.42 Å². The second kappa shape index (κ2) is 5.17. The molecular formula is C12H14N2O2S2. The molecule has 0 radical (unpaired) electrons. The molecule has 2 N–H and O–H groups in total. The van der Waals surface area contributed by atoms with Crippen molar-refractivity contribution in [1.29, 1.82) is 0 Å². The smallest absolute Gasteiger partial charge is 0.151 e. The molecule has 4 nitrogen and oxygen atoms in total. The van der Waals surface area contributed by atoms with Gasteiger partial charge in [-0.05, 0) is 5.56 Å². The molecule has 0 saturated heterocycles. The molecule has 6 heteroatoms. The molecule has 0 atom stereocenters. The van der Waals surface area contributed by atoms with Crippen molar-refractivity contribution in [3.63, 3.8) is 0 Å². The second-order valence-electron chi connectivity index (χ2n) is 4.12. The van der Waals surface area contributed by atoms with E-state index in [1.54, 1.807) is 0 Å². The fourth-order valence-corrected chi connectivity index (χ4v) is 3.22. The number of nitrogens with zero attached hydrogens (tertiary/aromatic N) is 1. The van der Waals surface area contributed by atoms with E-state index in [4.69, 9.17) is 5.73 Å². The van der Waals surface area contributed by atoms with Crippen LogP contribution in [0.15, 0.2) is 29.6 Å². The van der Waals surface area contributed by atoms with Crippen molar-refractivity contribution >= 4 is 21.2 Å². The Morgan fingerprint density at radius 3 is 2.44 bits per heavy atom. The largest absolute Gasteiger partial charge is 0.325 e. The van der Waals surface area contributed by atoms with Crippen LogP contribution >= 0.6 is 11.3 Å². The van der Waals surface area contributed by atoms with Crippen molar-refractivity contribution in [2.45, 2.75) is 12.3 Å². The van der Waals surface area contributed by atoms with Crippen LogP contribution in [0.25, 0.3) is 10.6 Å². The Balaban J connectivity index is 2.22. The SMILES string of the molecule is CS(=O)(=O)Cc1ccc(-c2nc(CN)cs2)cc1. The zero-order valence-electron chi connectivity index (χ0n) is 9.96. The fourth-order valence-electron chi connectivity index (χ4n) is 1.58. The molecule has 0 aliphatic rings. The van der Waals surface area contributed by atoms with E-state index in [1.807, 2.05) is 29.6 Å². The number of hydrogen-bond acceptors (Lipinski definition) is 5. The van der Waals surface area contributed by atoms with E-state index in [-0.39, 0.29) is 5.75 Å². The zero-order chi connectivity index (χ0) is 13.2. The summed E-state index contributed by atoms with van der Waals surface area (Å²) in [5.41, 5.74) is 8.15. The van der Waals surface area contributed by atoms with Crippen LogP contribution in [0.4, 0.5) is 0 Å². The van der Waals surface area contributed by atoms with Gasteiger partial charge in [-0.15, -0.1) is 11.3 Å². The van der Waals surface area contributed by atoms with Gasteiger partial charge in [0.1, 0.15) is 5.01 Å². The Morgan fingerprint density at radius 1 is 1.28 bits per heavy atom. The summed E-state index contributed by atoms with van der Waals surface area (Å²) in [6, 6.07) is 7.42. The van der Waals surface area contributed by atoms with Crippen molar-refractivity contribution in [3.8, 4) is 10.6 Å². The molecule has 0 unspecified atom stereocenters. The van der Waals surface area contributed by atoms with Crippen LogP contribution in [0.5, 0.6) is 0 Å². The minimum Gasteiger partial charge on any atom is -0.325 e. The molecule has 0 aliphatic heterocycles. The third-order valence-corrected chi connectivity index (χ3v) is 4.19. The van der Waals surface area contributed by atoms with E-state index < -0.39 is 9.84 Å². The monoisotopic (exact) mass is 282 g/mol. The Bertz CT molecular complexity index is 630. The molecular weight excluding hydrogens is 268 g/mol. The van der Waals surface area contributed by atoms with Gasteiger partial charge in [0.25, 0.3) is 0 Å². The summed E-state index contributed by atoms with van der Waals surface area (Å²) in [5.74, 6) is 0.0686. The summed E-state index contributed by atoms with van der Waals surface area (Å²) < 4.78 is 22.3. The van der Waals surface area contributed by atoms with Crippen LogP contribution in [-0.4, -0.2) is 19.7 Å². The molecule has 0 spiro atoms. The number of rotatable bonds is 4. The van der Waals surface area contributed by atoms with Crippen LogP contribution < -0.4 is 5.73 Å². The lowest BCUT2D eigenvalue weighted by Crippen LogP contribution is -2.00. The molecule has 2 rings (SSSR count). The number of nitrogens with two attached hydrogens (primary N) is 1. The van der Waals surface area contributed by atoms with Gasteiger partial charge < -0.3 is 5.73 Å². The third kappa shape index (κ3) is 3.38. The van der Waals surface area contributed by atoms with E-state index in [1.165, 1.54) is 17.6 Å². The number of hydrogen-bond donors (Lipinski definition) is 1. The normalized spacial score (nSPS) is 11.7. The molecule has 0 bridgehead atoms. The molecule has 2 aromatic rings. The van der Waals surface area contributed by atoms with E-state index in [2.05, 4.69) is 4.98 Å². The Kier molecular flexibility index (Phi) is 3.79. The lowest BCUT2D eigenvalue weighted by molar-refractivity contribution is 0.601. The van der Waals surface area contributed by atoms with Crippen LogP contribution in [0.1, 0.15) is 11.3 Å². The highest BCUT2D eigenvalue weighted by Crippen LogP contribution is 2.24. The van der Waals surface area contributed by atoms with Gasteiger partial charge in [-0.3, -0.25) is 0 Å². The van der Waals surface area contributed by atoms with Crippen LogP contribution in [0.2, 0.25) is 0 Å². The van der Waals surface area contributed by atoms with E-state index >= 15 is 0 Å². The summed E-state index contributed by atoms with van der Waals surface area (Å²) in [4.78, 5) is 4.38. The first-order valence-electron chi connectivity index (χ1n) is 5.39. The molecule has 0 saturated carbocycles. The number of thiazole rings is 1. The highest BCUT2D eigenvalue weighted by molar-refractivity contribution is 7.89. The molecule has 1 heterocycles. The third-order valence-electron chi connectivity index (χ3n) is 2.39. The first-order valence-corrected chi connectivity index (χ1v) is 8.33. The van der Waals surface area contributed by atoms with Gasteiger partial charge in [0.05, 0.1) is 11.4 Å². The summed E-state index contributed by atoms with van der Waals surface area (Å²) in [7, 11) is -2.98. The van der Waals surface area contributed by atoms with Crippen LogP contribution in [-0.2, 0) is 22.1 Å². The van der Waals surface area contributed by atoms with Gasteiger partial charge in [0.2, 0.25) is 0 Å². The van der Waals surface area contributed by atoms with E-state index in [9.17, 15) is 8.42 Å². The van der Waals surface area contributed by atoms with Gasteiger partial charge >= 0.3 is 0 Å². The Morgan fingerprint density at radius 2 is 1.94 bits per heavy atom. The summed E-state index contributed by atoms with van der Waals surface area (Å²) in [6.45, 7) is 0.433. The lowest BCUT2D eigenvalue weighted by atomic mass is 10.2. The second-order valence-corrected chi connectivity index (χ2v) is 7.11. The fraction of sp³-hybridized carbons (Fsp3) is 0.250. The number of benzene rings is 1. The predicted octanol–water partition coefficient (Wildman–Crippen LogP) is 1.81. The van der Waals surface area contributed by atoms with Crippen molar-refractivity contribution in [1.82, 2.24) is 4.98 Å². The molecule has 1 aromatic carbocycles. The van der Waals surface area contributed by atoms with E-state index in [0.717, 1.165) is 21.8 Å². The van der Waals surface area contributed by atoms with Crippen LogP contribution in [0, 0.1) is 0 Å². The number of aromatic nitrogens is 1. The first-order chi connectivity index (χ1) is 8.48. The highest BCUT2D eigenvalue weighted by Gasteiger charge is 2.06. The Labute approximate surface area is 110 Å². The van der Waals surface area contributed by atoms with Crippen LogP contribution in [0.3, 0.4) is 0 Å². The zero-order valence-corrected chi connectivity index (χ0v) is 11.6. The van der Waals surface area contributed by atoms with Crippen molar-refractivity contribution in [3.05, 3.63) is 40.9 Å². The van der Waals surface area contributed by atoms with Gasteiger partial charge in [-0.1, -0.05) is 24.3 Å². The minimum atomic E-state index is -2.98. The Hall–Kier alpha value is -1.24. The average molecular weight is 282 g/mol. The summed E-state index contributed by atoms with van der Waals surface area (Å²) >= 11 is 1.54. The maximum Gasteiger partial charge on any atom is 0.151 e. The van der Waals surface area contributed by atoms with E-state index in [0.29, 0.717) is 6.54 Å². The predicted molar refractivity (Wildman–Crippen MR) is 74.0 cm³/mol. The maximum atomic E-state index is 11.2. The van der Waals surface area contributed by atoms with Crippen molar-refractivity contribution in [2.24, 2.45) is 5.73 Å². The molecule has 0 fully saturated rings. The summed E-state index contributed by atoms with van der Waals surface area (Å²) in [5, 5.41) is 2.83. The highest BCUT2D eigenvalue weighted by atomic mass is 32.2. The average Bonchev–Trinajstić information content (AvgIpc) is 2.76. The molecule has 1 aromatic heterocycles. The van der Waals surface area contributed by atoms with Crippen molar-refractivity contribution in [2.75, 3.05) is 6.26 Å². The summed E-state index contributed by atoms with van der Waals surface area (Å²) in [6.07, 6.45) is 1.23. The molecule has 96 valence electrons.